The third kappa shape index (κ3) is 2.84. The molecule has 0 unspecified atom stereocenters. The Morgan fingerprint density at radius 1 is 1.74 bits per heavy atom. The van der Waals surface area contributed by atoms with Gasteiger partial charge < -0.3 is 14.7 Å². The normalized spacial score (nSPS) is 41.4. The highest BCUT2D eigenvalue weighted by Crippen LogP contribution is 2.18. The predicted octanol–water partition coefficient (Wildman–Crippen LogP) is 0.449. The minimum atomic E-state index is -3.36. The number of carbonyl (C=O) groups is 1. The van der Waals surface area contributed by atoms with Crippen LogP contribution in [0.1, 0.15) is 25.6 Å². The third-order valence-electron chi connectivity index (χ3n) is 3.38. The molecule has 7 nitrogen and oxygen atoms in total. The van der Waals surface area contributed by atoms with Crippen LogP contribution in [0.2, 0.25) is 0 Å². The highest BCUT2D eigenvalue weighted by Gasteiger charge is 2.33. The van der Waals surface area contributed by atoms with Crippen molar-refractivity contribution in [1.82, 2.24) is 24.4 Å². The van der Waals surface area contributed by atoms with Crippen LogP contribution in [0.25, 0.3) is 15.9 Å². The van der Waals surface area contributed by atoms with Crippen molar-refractivity contribution in [3.63, 3.8) is 0 Å². The molecule has 0 aromatic carbocycles. The van der Waals surface area contributed by atoms with E-state index in [1.54, 1.807) is 0 Å². The Bertz CT molecular complexity index is 1210. The predicted molar refractivity (Wildman–Crippen MR) is 87.3 cm³/mol. The lowest BCUT2D eigenvalue weighted by molar-refractivity contribution is -0.131. The minimum absolute atomic E-state index is 0.0607. The number of hydrogen-bond acceptors (Lipinski definition) is 2. The fraction of sp³-hybridized carbons (Fsp3) is 0.500. The van der Waals surface area contributed by atoms with Gasteiger partial charge in [0.1, 0.15) is 18.4 Å². The molecule has 0 saturated carbocycles. The van der Waals surface area contributed by atoms with Crippen LogP contribution in [0.4, 0.5) is 0 Å². The first-order valence-corrected chi connectivity index (χ1v) is 6.77. The fourth-order valence-electron chi connectivity index (χ4n) is 2.23. The highest BCUT2D eigenvalue weighted by molar-refractivity contribution is 5.79. The maximum absolute atomic E-state index is 12.6. The molecule has 2 aromatic heterocycles. The standard InChI is InChI=1S/C16H20N6O/c1-11-5-7-22(14(23)8-17-2)9-13(11)21(3)16-12-4-6-18-15(12)19-10-20-16/h4,6,10-11,13H,5,7-9H2,1,3H3,(H,18,19,20)/p+1/t11-,13-/m1/s1/i5D2,7D2,9D2,10D,11D,13D. The van der Waals surface area contributed by atoms with E-state index in [0.717, 1.165) is 11.5 Å². The van der Waals surface area contributed by atoms with Crippen LogP contribution < -0.4 is 10.1 Å². The summed E-state index contributed by atoms with van der Waals surface area (Å²) in [5.74, 6) is -4.16. The van der Waals surface area contributed by atoms with E-state index in [1.165, 1.54) is 19.3 Å². The zero-order valence-electron chi connectivity index (χ0n) is 21.6. The van der Waals surface area contributed by atoms with Gasteiger partial charge in [-0.2, -0.15) is 4.98 Å². The maximum atomic E-state index is 12.6. The molecule has 3 heterocycles. The summed E-state index contributed by atoms with van der Waals surface area (Å²) in [5.41, 5.74) is 0.149. The zero-order chi connectivity index (χ0) is 24.5. The van der Waals surface area contributed by atoms with Gasteiger partial charge in [0.2, 0.25) is 0 Å². The van der Waals surface area contributed by atoms with E-state index in [2.05, 4.69) is 19.8 Å². The number of fused-ring (bicyclic) bond motifs is 1. The summed E-state index contributed by atoms with van der Waals surface area (Å²) in [6, 6.07) is -1.44. The highest BCUT2D eigenvalue weighted by atomic mass is 16.2. The molecule has 1 fully saturated rings. The Labute approximate surface area is 147 Å². The second kappa shape index (κ2) is 6.24. The molecule has 23 heavy (non-hydrogen) atoms. The Morgan fingerprint density at radius 2 is 2.57 bits per heavy atom. The number of likely N-dealkylation sites (N-methyl/N-ethyl adjacent to an activating group) is 1. The second-order valence-corrected chi connectivity index (χ2v) is 4.86. The van der Waals surface area contributed by atoms with Gasteiger partial charge in [0.25, 0.3) is 12.0 Å². The van der Waals surface area contributed by atoms with Gasteiger partial charge in [-0.3, -0.25) is 9.37 Å². The van der Waals surface area contributed by atoms with Crippen molar-refractivity contribution in [3.8, 4) is 0 Å². The quantitative estimate of drug-likeness (QED) is 0.622. The molecule has 0 spiro atoms. The van der Waals surface area contributed by atoms with E-state index in [1.807, 2.05) is 0 Å². The first kappa shape index (κ1) is 7.77. The number of nitrogens with one attached hydrogen (secondary N) is 2. The lowest BCUT2D eigenvalue weighted by Crippen LogP contribution is -2.54. The number of likely N-dealkylation sites (tertiary alicyclic amines) is 1. The largest absolute Gasteiger partial charge is 0.346 e. The van der Waals surface area contributed by atoms with Crippen LogP contribution in [0.15, 0.2) is 18.6 Å². The molecule has 1 aliphatic heterocycles. The monoisotopic (exact) mass is 322 g/mol. The van der Waals surface area contributed by atoms with Gasteiger partial charge in [-0.15, -0.1) is 0 Å². The summed E-state index contributed by atoms with van der Waals surface area (Å²) in [4.78, 5) is 24.7. The summed E-state index contributed by atoms with van der Waals surface area (Å²) in [5, 5.41) is 0.301. The van der Waals surface area contributed by atoms with Crippen molar-refractivity contribution in [1.29, 1.82) is 0 Å². The molecular weight excluding hydrogens is 292 g/mol. The number of rotatable bonds is 2. The molecule has 2 atom stereocenters. The van der Waals surface area contributed by atoms with Crippen molar-refractivity contribution in [3.05, 3.63) is 35.5 Å². The Morgan fingerprint density at radius 3 is 3.35 bits per heavy atom. The van der Waals surface area contributed by atoms with Gasteiger partial charge in [0.05, 0.1) is 17.7 Å². The number of aromatic amines is 2. The summed E-state index contributed by atoms with van der Waals surface area (Å²) in [7, 11) is 1.18. The summed E-state index contributed by atoms with van der Waals surface area (Å²) < 4.78 is 77.3. The Kier molecular flexibility index (Phi) is 2.11. The smallest absolute Gasteiger partial charge is 0.302 e. The van der Waals surface area contributed by atoms with Crippen LogP contribution in [0.3, 0.4) is 0 Å². The second-order valence-electron chi connectivity index (χ2n) is 4.86. The van der Waals surface area contributed by atoms with Crippen molar-refractivity contribution in [2.24, 2.45) is 5.89 Å². The number of nitrogens with zero attached hydrogens (tertiary/aromatic N) is 4. The van der Waals surface area contributed by atoms with E-state index in [4.69, 9.17) is 18.9 Å². The fourth-order valence-corrected chi connectivity index (χ4v) is 2.23. The van der Waals surface area contributed by atoms with Gasteiger partial charge in [-0.1, -0.05) is 6.92 Å². The van der Waals surface area contributed by atoms with Gasteiger partial charge in [0, 0.05) is 19.5 Å². The van der Waals surface area contributed by atoms with Crippen LogP contribution in [-0.2, 0) is 4.79 Å². The number of aromatic nitrogens is 3. The first-order chi connectivity index (χ1) is 14.5. The Hall–Kier alpha value is -2.62. The average Bonchev–Trinajstić information content (AvgIpc) is 3.12. The zero-order valence-corrected chi connectivity index (χ0v) is 12.6. The van der Waals surface area contributed by atoms with Crippen molar-refractivity contribution < 1.29 is 17.1 Å². The maximum Gasteiger partial charge on any atom is 0.302 e. The van der Waals surface area contributed by atoms with E-state index >= 15 is 0 Å². The van der Waals surface area contributed by atoms with E-state index in [-0.39, 0.29) is 22.3 Å². The molecule has 0 aliphatic carbocycles. The number of amides is 1. The lowest BCUT2D eigenvalue weighted by Gasteiger charge is -2.35. The molecule has 2 aromatic rings. The van der Waals surface area contributed by atoms with Gasteiger partial charge >= 0.3 is 5.91 Å². The average molecular weight is 322 g/mol. The molecule has 120 valence electrons. The van der Waals surface area contributed by atoms with Gasteiger partial charge in [0.15, 0.2) is 6.30 Å². The number of piperidine rings is 1. The lowest BCUT2D eigenvalue weighted by atomic mass is 9.93. The third-order valence-corrected chi connectivity index (χ3v) is 3.38. The van der Waals surface area contributed by atoms with E-state index in [9.17, 15) is 4.79 Å². The molecule has 1 saturated heterocycles. The summed E-state index contributed by atoms with van der Waals surface area (Å²) in [6.07, 6.45) is -2.14. The molecule has 0 bridgehead atoms. The van der Waals surface area contributed by atoms with Gasteiger partial charge in [-0.05, 0) is 18.3 Å². The molecule has 7 heteroatoms. The number of carbonyl (C=O) groups excluding carboxylic acids is 1. The van der Waals surface area contributed by atoms with Crippen LogP contribution in [0.5, 0.6) is 0 Å². The molecule has 1 aliphatic rings. The van der Waals surface area contributed by atoms with Crippen molar-refractivity contribution >= 4 is 16.9 Å². The van der Waals surface area contributed by atoms with Crippen LogP contribution >= 0.6 is 0 Å². The van der Waals surface area contributed by atoms with E-state index < -0.39 is 43.7 Å². The molecule has 3 rings (SSSR count). The summed E-state index contributed by atoms with van der Waals surface area (Å²) in [6.45, 7) is 0.180. The van der Waals surface area contributed by atoms with Gasteiger partial charge in [-0.25, -0.2) is 11.6 Å². The number of hydrogen-bond donors (Lipinski definition) is 2. The van der Waals surface area contributed by atoms with Crippen molar-refractivity contribution in [2.75, 3.05) is 26.6 Å². The molecular formula is C16H21N6O+. The van der Waals surface area contributed by atoms with Crippen LogP contribution in [0, 0.1) is 12.5 Å². The summed E-state index contributed by atoms with van der Waals surface area (Å²) >= 11 is 0. The van der Waals surface area contributed by atoms with Crippen LogP contribution in [-0.4, -0.2) is 58.4 Å². The topological polar surface area (TPSA) is 72.2 Å². The molecule has 2 N–H and O–H groups in total. The van der Waals surface area contributed by atoms with Crippen molar-refractivity contribution in [2.45, 2.75) is 19.3 Å². The minimum Gasteiger partial charge on any atom is -0.346 e. The first-order valence-electron chi connectivity index (χ1n) is 11.3. The number of H-pyrrole nitrogens is 2. The SMILES string of the molecule is [2H]c1nc2[nH]ccc2c(=[N+](C)[C@]2([2H])C([2H])([2H])N(C(=O)C[N+]#[C-])C([2H])([2H])C([2H])([2H])[C@@]2([2H])C)[nH]1. The molecule has 1 amide bonds. The molecule has 0 radical (unpaired) electrons. The van der Waals surface area contributed by atoms with E-state index in [0.29, 0.717) is 5.39 Å². The Balaban J connectivity index is 2.50.